The van der Waals surface area contributed by atoms with Crippen molar-refractivity contribution in [1.29, 1.82) is 0 Å². The summed E-state index contributed by atoms with van der Waals surface area (Å²) in [7, 11) is 0. The summed E-state index contributed by atoms with van der Waals surface area (Å²) >= 11 is 1.57. The van der Waals surface area contributed by atoms with Crippen molar-refractivity contribution in [1.82, 2.24) is 5.32 Å². The van der Waals surface area contributed by atoms with Crippen LogP contribution in [0, 0.1) is 5.92 Å². The molecule has 1 rings (SSSR count). The number of rotatable bonds is 5. The van der Waals surface area contributed by atoms with Gasteiger partial charge in [0.05, 0.1) is 11.5 Å². The number of carbonyl (C=O) groups is 1. The molecule has 18 heavy (non-hydrogen) atoms. The van der Waals surface area contributed by atoms with Crippen molar-refractivity contribution < 1.29 is 9.90 Å². The average molecular weight is 274 g/mol. The van der Waals surface area contributed by atoms with Crippen LogP contribution in [0.4, 0.5) is 0 Å². The fourth-order valence-electron chi connectivity index (χ4n) is 2.43. The van der Waals surface area contributed by atoms with Crippen molar-refractivity contribution >= 4 is 17.7 Å². The molecular weight excluding hydrogens is 248 g/mol. The van der Waals surface area contributed by atoms with Crippen molar-refractivity contribution in [2.45, 2.75) is 50.7 Å². The molecule has 4 N–H and O–H groups in total. The third kappa shape index (κ3) is 5.16. The zero-order valence-corrected chi connectivity index (χ0v) is 12.3. The molecule has 0 saturated heterocycles. The highest BCUT2D eigenvalue weighted by atomic mass is 32.2. The van der Waals surface area contributed by atoms with Gasteiger partial charge < -0.3 is 16.2 Å². The van der Waals surface area contributed by atoms with E-state index in [1.165, 1.54) is 6.42 Å². The highest BCUT2D eigenvalue weighted by molar-refractivity contribution is 7.98. The lowest BCUT2D eigenvalue weighted by Crippen LogP contribution is -2.47. The van der Waals surface area contributed by atoms with Gasteiger partial charge in [-0.25, -0.2) is 0 Å². The lowest BCUT2D eigenvalue weighted by atomic mass is 9.94. The maximum atomic E-state index is 12.1. The molecule has 0 bridgehead atoms. The fourth-order valence-corrected chi connectivity index (χ4v) is 3.16. The van der Waals surface area contributed by atoms with Gasteiger partial charge in [0.25, 0.3) is 0 Å². The first kappa shape index (κ1) is 15.8. The Bertz CT molecular complexity index is 272. The van der Waals surface area contributed by atoms with Gasteiger partial charge in [0.2, 0.25) is 5.91 Å². The van der Waals surface area contributed by atoms with Crippen molar-refractivity contribution in [3.63, 3.8) is 0 Å². The number of amides is 1. The van der Waals surface area contributed by atoms with Gasteiger partial charge >= 0.3 is 0 Å². The molecule has 0 heterocycles. The normalized spacial score (nSPS) is 28.2. The van der Waals surface area contributed by atoms with Gasteiger partial charge in [-0.15, -0.1) is 0 Å². The molecule has 0 aliphatic heterocycles. The number of aliphatic hydroxyl groups is 1. The molecule has 0 aromatic rings. The molecule has 1 fully saturated rings. The highest BCUT2D eigenvalue weighted by Gasteiger charge is 2.28. The van der Waals surface area contributed by atoms with Crippen LogP contribution in [0.3, 0.4) is 0 Å². The summed E-state index contributed by atoms with van der Waals surface area (Å²) < 4.78 is 0. The van der Waals surface area contributed by atoms with E-state index >= 15 is 0 Å². The van der Waals surface area contributed by atoms with E-state index in [0.717, 1.165) is 25.7 Å². The summed E-state index contributed by atoms with van der Waals surface area (Å²) in [5.41, 5.74) is 5.21. The maximum Gasteiger partial charge on any atom is 0.224 e. The van der Waals surface area contributed by atoms with E-state index < -0.39 is 5.60 Å². The number of hydrogen-bond acceptors (Lipinski definition) is 4. The number of nitrogens with two attached hydrogens (primary N) is 1. The van der Waals surface area contributed by atoms with Crippen LogP contribution >= 0.6 is 11.8 Å². The summed E-state index contributed by atoms with van der Waals surface area (Å²) in [6, 6.07) is -0.0296. The van der Waals surface area contributed by atoms with Crippen molar-refractivity contribution in [2.24, 2.45) is 11.7 Å². The first-order valence-corrected chi connectivity index (χ1v) is 8.10. The van der Waals surface area contributed by atoms with Crippen molar-refractivity contribution in [2.75, 3.05) is 18.6 Å². The molecule has 3 atom stereocenters. The second kappa shape index (κ2) is 7.36. The molecule has 3 unspecified atom stereocenters. The van der Waals surface area contributed by atoms with Crippen molar-refractivity contribution in [3.8, 4) is 0 Å². The Morgan fingerprint density at radius 2 is 2.11 bits per heavy atom. The van der Waals surface area contributed by atoms with Gasteiger partial charge in [-0.1, -0.05) is 19.3 Å². The third-order valence-electron chi connectivity index (χ3n) is 3.50. The first-order valence-electron chi connectivity index (χ1n) is 6.71. The molecule has 1 saturated carbocycles. The van der Waals surface area contributed by atoms with Crippen LogP contribution in [0.15, 0.2) is 0 Å². The van der Waals surface area contributed by atoms with Crippen LogP contribution in [0.25, 0.3) is 0 Å². The van der Waals surface area contributed by atoms with Crippen LogP contribution in [-0.2, 0) is 4.79 Å². The molecule has 0 radical (unpaired) electrons. The first-order chi connectivity index (χ1) is 8.46. The van der Waals surface area contributed by atoms with E-state index in [9.17, 15) is 9.90 Å². The monoisotopic (exact) mass is 274 g/mol. The second-order valence-corrected chi connectivity index (χ2v) is 6.42. The van der Waals surface area contributed by atoms with Gasteiger partial charge in [-0.05, 0) is 26.0 Å². The number of carbonyl (C=O) groups excluding carboxylic acids is 1. The second-order valence-electron chi connectivity index (χ2n) is 5.56. The summed E-state index contributed by atoms with van der Waals surface area (Å²) in [6.45, 7) is 2.05. The van der Waals surface area contributed by atoms with Crippen LogP contribution in [-0.4, -0.2) is 41.2 Å². The minimum atomic E-state index is -0.843. The topological polar surface area (TPSA) is 75.3 Å². The molecule has 0 aromatic carbocycles. The zero-order chi connectivity index (χ0) is 13.6. The Hall–Kier alpha value is -0.260. The Morgan fingerprint density at radius 3 is 2.78 bits per heavy atom. The van der Waals surface area contributed by atoms with Crippen LogP contribution in [0.2, 0.25) is 0 Å². The number of nitrogens with one attached hydrogen (secondary N) is 1. The third-order valence-corrected chi connectivity index (χ3v) is 4.42. The standard InChI is InChI=1S/C13H26N2O2S/c1-13(17,9-18-2)8-15-12(16)10-6-4-3-5-7-11(10)14/h10-11,17H,3-9,14H2,1-2H3,(H,15,16). The lowest BCUT2D eigenvalue weighted by Gasteiger charge is -2.26. The lowest BCUT2D eigenvalue weighted by molar-refractivity contribution is -0.126. The fraction of sp³-hybridized carbons (Fsp3) is 0.923. The van der Waals surface area contributed by atoms with E-state index in [0.29, 0.717) is 12.3 Å². The predicted molar refractivity (Wildman–Crippen MR) is 76.6 cm³/mol. The minimum absolute atomic E-state index is 0.00535. The van der Waals surface area contributed by atoms with Crippen molar-refractivity contribution in [3.05, 3.63) is 0 Å². The smallest absolute Gasteiger partial charge is 0.224 e. The Balaban J connectivity index is 2.43. The van der Waals surface area contributed by atoms with Gasteiger partial charge in [0, 0.05) is 18.3 Å². The van der Waals surface area contributed by atoms with E-state index in [1.54, 1.807) is 18.7 Å². The van der Waals surface area contributed by atoms with E-state index in [-0.39, 0.29) is 17.9 Å². The zero-order valence-electron chi connectivity index (χ0n) is 11.4. The molecule has 0 aromatic heterocycles. The van der Waals surface area contributed by atoms with Gasteiger partial charge in [0.1, 0.15) is 0 Å². The van der Waals surface area contributed by atoms with Crippen LogP contribution < -0.4 is 11.1 Å². The summed E-state index contributed by atoms with van der Waals surface area (Å²) in [5.74, 6) is 0.535. The predicted octanol–water partition coefficient (Wildman–Crippen LogP) is 1.12. The largest absolute Gasteiger partial charge is 0.387 e. The Morgan fingerprint density at radius 1 is 1.44 bits per heavy atom. The molecule has 0 spiro atoms. The highest BCUT2D eigenvalue weighted by Crippen LogP contribution is 2.22. The summed E-state index contributed by atoms with van der Waals surface area (Å²) in [5, 5.41) is 12.9. The molecule has 1 amide bonds. The summed E-state index contributed by atoms with van der Waals surface area (Å²) in [6.07, 6.45) is 7.11. The molecule has 4 nitrogen and oxygen atoms in total. The van der Waals surface area contributed by atoms with E-state index in [1.807, 2.05) is 6.26 Å². The Kier molecular flexibility index (Phi) is 6.46. The molecule has 5 heteroatoms. The maximum absolute atomic E-state index is 12.1. The molecular formula is C13H26N2O2S. The average Bonchev–Trinajstić information content (AvgIpc) is 2.51. The van der Waals surface area contributed by atoms with Crippen LogP contribution in [0.1, 0.15) is 39.0 Å². The summed E-state index contributed by atoms with van der Waals surface area (Å²) in [4.78, 5) is 12.1. The van der Waals surface area contributed by atoms with E-state index in [4.69, 9.17) is 5.73 Å². The molecule has 106 valence electrons. The molecule has 1 aliphatic carbocycles. The van der Waals surface area contributed by atoms with Gasteiger partial charge in [-0.3, -0.25) is 4.79 Å². The minimum Gasteiger partial charge on any atom is -0.387 e. The number of hydrogen-bond donors (Lipinski definition) is 3. The molecule has 1 aliphatic rings. The van der Waals surface area contributed by atoms with Gasteiger partial charge in [0.15, 0.2) is 0 Å². The Labute approximate surface area is 114 Å². The number of thioether (sulfide) groups is 1. The van der Waals surface area contributed by atoms with Gasteiger partial charge in [-0.2, -0.15) is 11.8 Å². The SMILES string of the molecule is CSCC(C)(O)CNC(=O)C1CCCCCC1N. The van der Waals surface area contributed by atoms with Crippen LogP contribution in [0.5, 0.6) is 0 Å². The van der Waals surface area contributed by atoms with E-state index in [2.05, 4.69) is 5.32 Å². The quantitative estimate of drug-likeness (QED) is 0.657.